The van der Waals surface area contributed by atoms with Gasteiger partial charge in [-0.3, -0.25) is 9.69 Å². The van der Waals surface area contributed by atoms with E-state index in [4.69, 9.17) is 0 Å². The SMILES string of the molecule is CCC(C)(C(=O)CCCc1ccccc1)N1CCCCC1. The molecule has 21 heavy (non-hydrogen) atoms. The van der Waals surface area contributed by atoms with Gasteiger partial charge in [-0.15, -0.1) is 0 Å². The van der Waals surface area contributed by atoms with Gasteiger partial charge >= 0.3 is 0 Å². The number of piperidine rings is 1. The second-order valence-corrected chi connectivity index (χ2v) is 6.44. The van der Waals surface area contributed by atoms with Crippen molar-refractivity contribution in [1.82, 2.24) is 4.90 Å². The van der Waals surface area contributed by atoms with Crippen molar-refractivity contribution in [2.75, 3.05) is 13.1 Å². The van der Waals surface area contributed by atoms with Crippen LogP contribution < -0.4 is 0 Å². The molecule has 0 N–H and O–H groups in total. The van der Waals surface area contributed by atoms with Crippen molar-refractivity contribution >= 4 is 5.78 Å². The molecule has 116 valence electrons. The Labute approximate surface area is 129 Å². The standard InChI is InChI=1S/C19H29NO/c1-3-19(2,20-15-8-5-9-16-20)18(21)14-10-13-17-11-6-4-7-12-17/h4,6-7,11-12H,3,5,8-10,13-16H2,1-2H3. The summed E-state index contributed by atoms with van der Waals surface area (Å²) in [5.74, 6) is 0.433. The molecule has 0 spiro atoms. The van der Waals surface area contributed by atoms with Gasteiger partial charge in [0.15, 0.2) is 5.78 Å². The van der Waals surface area contributed by atoms with Crippen molar-refractivity contribution in [2.45, 2.75) is 64.3 Å². The summed E-state index contributed by atoms with van der Waals surface area (Å²) in [7, 11) is 0. The van der Waals surface area contributed by atoms with Crippen molar-refractivity contribution in [3.8, 4) is 0 Å². The zero-order valence-electron chi connectivity index (χ0n) is 13.6. The summed E-state index contributed by atoms with van der Waals surface area (Å²) in [6.45, 7) is 6.50. The highest BCUT2D eigenvalue weighted by atomic mass is 16.1. The molecule has 1 aliphatic rings. The monoisotopic (exact) mass is 287 g/mol. The first-order chi connectivity index (χ1) is 10.2. The Bertz CT molecular complexity index is 436. The molecule has 1 atom stereocenters. The Hall–Kier alpha value is -1.15. The van der Waals surface area contributed by atoms with E-state index in [0.717, 1.165) is 32.4 Å². The van der Waals surface area contributed by atoms with Crippen molar-refractivity contribution in [3.05, 3.63) is 35.9 Å². The molecule has 1 aromatic carbocycles. The number of likely N-dealkylation sites (tertiary alicyclic amines) is 1. The van der Waals surface area contributed by atoms with Crippen molar-refractivity contribution in [2.24, 2.45) is 0 Å². The Morgan fingerprint density at radius 3 is 2.43 bits per heavy atom. The first kappa shape index (κ1) is 16.2. The summed E-state index contributed by atoms with van der Waals surface area (Å²) in [6.07, 6.45) is 7.41. The van der Waals surface area contributed by atoms with Gasteiger partial charge in [-0.25, -0.2) is 0 Å². The largest absolute Gasteiger partial charge is 0.298 e. The lowest BCUT2D eigenvalue weighted by Crippen LogP contribution is -2.53. The molecular formula is C19H29NO. The third kappa shape index (κ3) is 4.16. The van der Waals surface area contributed by atoms with E-state index in [2.05, 4.69) is 43.0 Å². The van der Waals surface area contributed by atoms with Gasteiger partial charge in [-0.1, -0.05) is 43.7 Å². The van der Waals surface area contributed by atoms with Gasteiger partial charge in [-0.05, 0) is 57.7 Å². The minimum absolute atomic E-state index is 0.239. The molecule has 1 aliphatic heterocycles. The van der Waals surface area contributed by atoms with Crippen LogP contribution in [-0.2, 0) is 11.2 Å². The van der Waals surface area contributed by atoms with Crippen LogP contribution in [-0.4, -0.2) is 29.3 Å². The first-order valence-corrected chi connectivity index (χ1v) is 8.49. The summed E-state index contributed by atoms with van der Waals surface area (Å²) in [5.41, 5.74) is 1.10. The molecule has 0 aromatic heterocycles. The second-order valence-electron chi connectivity index (χ2n) is 6.44. The summed E-state index contributed by atoms with van der Waals surface area (Å²) in [4.78, 5) is 15.2. The van der Waals surface area contributed by atoms with E-state index >= 15 is 0 Å². The number of hydrogen-bond acceptors (Lipinski definition) is 2. The third-order valence-electron chi connectivity index (χ3n) is 5.06. The fourth-order valence-corrected chi connectivity index (χ4v) is 3.35. The van der Waals surface area contributed by atoms with Crippen LogP contribution in [0.15, 0.2) is 30.3 Å². The Kier molecular flexibility index (Phi) is 5.98. The molecular weight excluding hydrogens is 258 g/mol. The van der Waals surface area contributed by atoms with Crippen LogP contribution in [0.25, 0.3) is 0 Å². The molecule has 2 rings (SSSR count). The van der Waals surface area contributed by atoms with Crippen molar-refractivity contribution in [3.63, 3.8) is 0 Å². The topological polar surface area (TPSA) is 20.3 Å². The molecule has 1 saturated heterocycles. The number of nitrogens with zero attached hydrogens (tertiary/aromatic N) is 1. The fourth-order valence-electron chi connectivity index (χ4n) is 3.35. The molecule has 2 heteroatoms. The van der Waals surface area contributed by atoms with Crippen LogP contribution in [0.5, 0.6) is 0 Å². The van der Waals surface area contributed by atoms with Crippen LogP contribution in [0, 0.1) is 0 Å². The second kappa shape index (κ2) is 7.74. The van der Waals surface area contributed by atoms with Gasteiger partial charge in [0.25, 0.3) is 0 Å². The zero-order valence-corrected chi connectivity index (χ0v) is 13.6. The molecule has 0 bridgehead atoms. The van der Waals surface area contributed by atoms with Crippen LogP contribution in [0.1, 0.15) is 57.9 Å². The first-order valence-electron chi connectivity index (χ1n) is 8.49. The maximum atomic E-state index is 12.7. The Morgan fingerprint density at radius 1 is 1.14 bits per heavy atom. The molecule has 0 saturated carbocycles. The number of carbonyl (C=O) groups is 1. The molecule has 1 fully saturated rings. The quantitative estimate of drug-likeness (QED) is 0.748. The zero-order chi connectivity index (χ0) is 15.1. The number of rotatable bonds is 7. The number of benzene rings is 1. The summed E-state index contributed by atoms with van der Waals surface area (Å²) in [6, 6.07) is 10.5. The van der Waals surface area contributed by atoms with E-state index < -0.39 is 0 Å². The van der Waals surface area contributed by atoms with Gasteiger partial charge in [0.05, 0.1) is 5.54 Å². The number of Topliss-reactive ketones (excluding diaryl/α,β-unsaturated/α-hetero) is 1. The maximum absolute atomic E-state index is 12.7. The lowest BCUT2D eigenvalue weighted by atomic mass is 9.86. The summed E-state index contributed by atoms with van der Waals surface area (Å²) < 4.78 is 0. The lowest BCUT2D eigenvalue weighted by Gasteiger charge is -2.42. The molecule has 0 radical (unpaired) electrons. The smallest absolute Gasteiger partial charge is 0.152 e. The van der Waals surface area contributed by atoms with Gasteiger partial charge < -0.3 is 0 Å². The number of hydrogen-bond donors (Lipinski definition) is 0. The molecule has 1 aromatic rings. The normalized spacial score (nSPS) is 19.1. The summed E-state index contributed by atoms with van der Waals surface area (Å²) in [5, 5.41) is 0. The predicted molar refractivity (Wildman–Crippen MR) is 88.5 cm³/mol. The van der Waals surface area contributed by atoms with Crippen LogP contribution >= 0.6 is 0 Å². The minimum Gasteiger partial charge on any atom is -0.298 e. The molecule has 0 amide bonds. The Morgan fingerprint density at radius 2 is 1.81 bits per heavy atom. The number of aryl methyl sites for hydroxylation is 1. The average Bonchev–Trinajstić information content (AvgIpc) is 2.55. The lowest BCUT2D eigenvalue weighted by molar-refractivity contribution is -0.131. The van der Waals surface area contributed by atoms with Gasteiger partial charge in [0, 0.05) is 6.42 Å². The van der Waals surface area contributed by atoms with E-state index in [1.807, 2.05) is 6.07 Å². The molecule has 2 nitrogen and oxygen atoms in total. The van der Waals surface area contributed by atoms with Crippen LogP contribution in [0.3, 0.4) is 0 Å². The molecule has 0 aliphatic carbocycles. The highest BCUT2D eigenvalue weighted by molar-refractivity contribution is 5.88. The van der Waals surface area contributed by atoms with E-state index in [1.165, 1.54) is 24.8 Å². The Balaban J connectivity index is 1.87. The number of carbonyl (C=O) groups excluding carboxylic acids is 1. The van der Waals surface area contributed by atoms with E-state index in [9.17, 15) is 4.79 Å². The van der Waals surface area contributed by atoms with Crippen LogP contribution in [0.2, 0.25) is 0 Å². The number of ketones is 1. The van der Waals surface area contributed by atoms with E-state index in [1.54, 1.807) is 0 Å². The molecule has 1 heterocycles. The predicted octanol–water partition coefficient (Wildman–Crippen LogP) is 4.23. The molecule has 1 unspecified atom stereocenters. The average molecular weight is 287 g/mol. The van der Waals surface area contributed by atoms with E-state index in [0.29, 0.717) is 12.2 Å². The fraction of sp³-hybridized carbons (Fsp3) is 0.632. The van der Waals surface area contributed by atoms with Gasteiger partial charge in [0.1, 0.15) is 0 Å². The third-order valence-corrected chi connectivity index (χ3v) is 5.06. The van der Waals surface area contributed by atoms with Crippen molar-refractivity contribution < 1.29 is 4.79 Å². The maximum Gasteiger partial charge on any atom is 0.152 e. The highest BCUT2D eigenvalue weighted by Crippen LogP contribution is 2.26. The van der Waals surface area contributed by atoms with Crippen LogP contribution in [0.4, 0.5) is 0 Å². The highest BCUT2D eigenvalue weighted by Gasteiger charge is 2.37. The van der Waals surface area contributed by atoms with Gasteiger partial charge in [-0.2, -0.15) is 0 Å². The van der Waals surface area contributed by atoms with Crippen molar-refractivity contribution in [1.29, 1.82) is 0 Å². The van der Waals surface area contributed by atoms with E-state index in [-0.39, 0.29) is 5.54 Å². The van der Waals surface area contributed by atoms with Gasteiger partial charge in [0.2, 0.25) is 0 Å². The summed E-state index contributed by atoms with van der Waals surface area (Å²) >= 11 is 0. The minimum atomic E-state index is -0.239.